The van der Waals surface area contributed by atoms with Gasteiger partial charge >= 0.3 is 0 Å². The van der Waals surface area contributed by atoms with Gasteiger partial charge in [0.15, 0.2) is 0 Å². The molecule has 0 aromatic heterocycles. The minimum Gasteiger partial charge on any atom is -0.0693 e. The summed E-state index contributed by atoms with van der Waals surface area (Å²) < 4.78 is 0. The van der Waals surface area contributed by atoms with Gasteiger partial charge in [-0.1, -0.05) is 166 Å². The zero-order valence-corrected chi connectivity index (χ0v) is 44.5. The van der Waals surface area contributed by atoms with Crippen molar-refractivity contribution in [3.05, 3.63) is 57.6 Å². The first-order valence-corrected chi connectivity index (χ1v) is 46.9. The van der Waals surface area contributed by atoms with Crippen molar-refractivity contribution in [2.75, 3.05) is 0 Å². The van der Waals surface area contributed by atoms with Crippen LogP contribution >= 0.6 is 0 Å². The number of fused-ring (bicyclic) bond motifs is 1. The molecule has 0 amide bonds. The Morgan fingerprint density at radius 2 is 0.600 bits per heavy atom. The molecule has 280 valence electrons. The van der Waals surface area contributed by atoms with Crippen molar-refractivity contribution >= 4 is 74.6 Å². The molecule has 8 heteroatoms. The van der Waals surface area contributed by atoms with Crippen LogP contribution in [0.25, 0.3) is 0 Å². The van der Waals surface area contributed by atoms with Crippen LogP contribution in [0.4, 0.5) is 0 Å². The van der Waals surface area contributed by atoms with Gasteiger partial charge in [-0.15, -0.1) is 0 Å². The summed E-state index contributed by atoms with van der Waals surface area (Å²) in [7, 11) is -9.11. The molecular formula is C42H80Si8. The van der Waals surface area contributed by atoms with Crippen molar-refractivity contribution in [1.29, 1.82) is 0 Å². The van der Waals surface area contributed by atoms with Gasteiger partial charge in [0.1, 0.15) is 0 Å². The van der Waals surface area contributed by atoms with Gasteiger partial charge in [-0.3, -0.25) is 0 Å². The lowest BCUT2D eigenvalue weighted by atomic mass is 9.99. The Balaban J connectivity index is 2.18. The van der Waals surface area contributed by atoms with Gasteiger partial charge in [-0.2, -0.15) is 0 Å². The van der Waals surface area contributed by atoms with Crippen LogP contribution in [-0.2, 0) is 36.3 Å². The van der Waals surface area contributed by atoms with E-state index in [1.165, 1.54) is 61.9 Å². The smallest absolute Gasteiger partial charge is 0.0487 e. The third-order valence-electron chi connectivity index (χ3n) is 10.4. The summed E-state index contributed by atoms with van der Waals surface area (Å²) >= 11 is 0. The van der Waals surface area contributed by atoms with Crippen LogP contribution in [0.2, 0.25) is 129 Å². The molecule has 50 heavy (non-hydrogen) atoms. The van der Waals surface area contributed by atoms with Gasteiger partial charge in [0.25, 0.3) is 0 Å². The first kappa shape index (κ1) is 42.9. The summed E-state index contributed by atoms with van der Waals surface area (Å²) in [5, 5.41) is 4.08. The maximum absolute atomic E-state index is 2.84. The van der Waals surface area contributed by atoms with E-state index in [1.54, 1.807) is 11.1 Å². The topological polar surface area (TPSA) is 0 Å². The van der Waals surface area contributed by atoms with E-state index in [1.807, 2.05) is 32.6 Å². The maximum Gasteiger partial charge on any atom is 0.0487 e. The zero-order chi connectivity index (χ0) is 37.8. The molecule has 0 nitrogen and oxygen atoms in total. The third kappa shape index (κ3) is 12.3. The van der Waals surface area contributed by atoms with E-state index in [2.05, 4.69) is 142 Å². The molecule has 2 aromatic carbocycles. The first-order valence-electron chi connectivity index (χ1n) is 20.5. The maximum atomic E-state index is 2.84. The lowest BCUT2D eigenvalue weighted by Crippen LogP contribution is -2.59. The fourth-order valence-corrected chi connectivity index (χ4v) is 32.6. The largest absolute Gasteiger partial charge is 0.0693 e. The van der Waals surface area contributed by atoms with E-state index in [4.69, 9.17) is 0 Å². The SMILES string of the molecule is C[Si](C)(C)Cc1cc(C[Si](C)(C)C)c([Si]2=[Si](c3c(C[Si](C)(C)C)cc(C[Si](C)(C)C)cc3C[Si](C)(C)C)[C@H]3CCCC[C@H]32)c(C[Si](C)(C)C)c1. The quantitative estimate of drug-likeness (QED) is 0.167. The van der Waals surface area contributed by atoms with Gasteiger partial charge in [-0.05, 0) is 92.8 Å². The number of benzene rings is 2. The minimum atomic E-state index is -1.32. The minimum absolute atomic E-state index is 0.681. The van der Waals surface area contributed by atoms with E-state index >= 15 is 0 Å². The molecule has 2 atom stereocenters. The van der Waals surface area contributed by atoms with Crippen molar-refractivity contribution in [2.45, 2.75) is 191 Å². The molecule has 1 aliphatic carbocycles. The summed E-state index contributed by atoms with van der Waals surface area (Å²) in [6, 6.07) is 19.6. The van der Waals surface area contributed by atoms with Crippen molar-refractivity contribution in [2.24, 2.45) is 0 Å². The summed E-state index contributed by atoms with van der Waals surface area (Å²) in [6.07, 6.45) is 6.04. The van der Waals surface area contributed by atoms with Gasteiger partial charge in [-0.25, -0.2) is 0 Å². The molecule has 1 aliphatic heterocycles. The molecule has 0 radical (unpaired) electrons. The lowest BCUT2D eigenvalue weighted by Gasteiger charge is -2.48. The van der Waals surface area contributed by atoms with Crippen molar-refractivity contribution in [3.63, 3.8) is 0 Å². The summed E-state index contributed by atoms with van der Waals surface area (Å²) in [6.45, 7) is 47.4. The van der Waals surface area contributed by atoms with Crippen molar-refractivity contribution < 1.29 is 0 Å². The second-order valence-corrected chi connectivity index (χ2v) is 64.5. The number of hydrogen-bond donors (Lipinski definition) is 0. The molecule has 1 heterocycles. The molecule has 2 aliphatic rings. The third-order valence-corrected chi connectivity index (χ3v) is 30.7. The molecule has 1 saturated carbocycles. The number of hydrogen-bond acceptors (Lipinski definition) is 0. The van der Waals surface area contributed by atoms with Crippen LogP contribution in [0.1, 0.15) is 59.1 Å². The zero-order valence-electron chi connectivity index (χ0n) is 36.5. The van der Waals surface area contributed by atoms with Crippen molar-refractivity contribution in [1.82, 2.24) is 0 Å². The Kier molecular flexibility index (Phi) is 13.2. The second kappa shape index (κ2) is 15.4. The first-order chi connectivity index (χ1) is 22.5. The molecule has 0 bridgehead atoms. The van der Waals surface area contributed by atoms with Crippen LogP contribution in [-0.4, -0.2) is 64.2 Å². The molecule has 2 aromatic rings. The van der Waals surface area contributed by atoms with Crippen LogP contribution < -0.4 is 10.4 Å². The summed E-state index contributed by atoms with van der Waals surface area (Å²) in [5.74, 6) is 0. The van der Waals surface area contributed by atoms with Crippen LogP contribution in [0.3, 0.4) is 0 Å². The average molecular weight is 810 g/mol. The van der Waals surface area contributed by atoms with Gasteiger partial charge < -0.3 is 0 Å². The molecule has 0 unspecified atom stereocenters. The highest BCUT2D eigenvalue weighted by molar-refractivity contribution is 7.15. The molecule has 0 spiro atoms. The second-order valence-electron chi connectivity index (χ2n) is 24.3. The Morgan fingerprint density at radius 1 is 0.380 bits per heavy atom. The van der Waals surface area contributed by atoms with E-state index in [9.17, 15) is 0 Å². The van der Waals surface area contributed by atoms with Crippen molar-refractivity contribution in [3.8, 4) is 0 Å². The molecule has 1 fully saturated rings. The molecule has 4 rings (SSSR count). The fourth-order valence-electron chi connectivity index (χ4n) is 9.41. The molecular weight excluding hydrogens is 729 g/mol. The summed E-state index contributed by atoms with van der Waals surface area (Å²) in [4.78, 5) is 0. The molecule has 0 saturated heterocycles. The Morgan fingerprint density at radius 3 is 0.800 bits per heavy atom. The highest BCUT2D eigenvalue weighted by Crippen LogP contribution is 2.48. The standard InChI is InChI=1S/C42H80Si8/c1-45(2,3)27-33-23-35(29-47(7,8)9)41(36(24-33)30-48(10,11)12)43-39-21-19-20-22-40(39)44(43)42-37(31-49(13,14)15)25-34(28-46(4,5)6)26-38(42)32-50(16,17)18/h23-26,39-40H,19-22,27-32H2,1-18H3/t39-,40+. The van der Waals surface area contributed by atoms with Gasteiger partial charge in [0, 0.05) is 64.2 Å². The van der Waals surface area contributed by atoms with E-state index in [0.29, 0.717) is 0 Å². The van der Waals surface area contributed by atoms with Crippen LogP contribution in [0, 0.1) is 0 Å². The monoisotopic (exact) mass is 808 g/mol. The van der Waals surface area contributed by atoms with Crippen LogP contribution in [0.5, 0.6) is 0 Å². The average Bonchev–Trinajstić information content (AvgIpc) is 2.82. The lowest BCUT2D eigenvalue weighted by molar-refractivity contribution is 0.488. The van der Waals surface area contributed by atoms with E-state index in [0.717, 1.165) is 11.1 Å². The van der Waals surface area contributed by atoms with Crippen LogP contribution in [0.15, 0.2) is 24.3 Å². The normalized spacial score (nSPS) is 19.5. The predicted octanol–water partition coefficient (Wildman–Crippen LogP) is 11.7. The van der Waals surface area contributed by atoms with Gasteiger partial charge in [0.05, 0.1) is 0 Å². The van der Waals surface area contributed by atoms with Gasteiger partial charge in [0.2, 0.25) is 0 Å². The fraction of sp³-hybridized carbons (Fsp3) is 0.714. The Bertz CT molecular complexity index is 1370. The summed E-state index contributed by atoms with van der Waals surface area (Å²) in [5.41, 5.74) is 13.0. The van der Waals surface area contributed by atoms with E-state index in [-0.39, 0.29) is 0 Å². The predicted molar refractivity (Wildman–Crippen MR) is 252 cm³/mol. The highest BCUT2D eigenvalue weighted by Gasteiger charge is 2.46. The Hall–Kier alpha value is 0.175. The molecule has 0 N–H and O–H groups in total. The van der Waals surface area contributed by atoms with E-state index < -0.39 is 64.2 Å². The number of rotatable bonds is 14. The highest BCUT2D eigenvalue weighted by atomic mass is 28.9. The Labute approximate surface area is 321 Å².